The number of thiazole rings is 1. The number of fused-ring (bicyclic) bond motifs is 1. The fraction of sp³-hybridized carbons (Fsp3) is 0.143. The van der Waals surface area contributed by atoms with Gasteiger partial charge in [0.2, 0.25) is 11.7 Å². The average molecular weight is 209 g/mol. The van der Waals surface area contributed by atoms with E-state index in [4.69, 9.17) is 10.5 Å². The summed E-state index contributed by atoms with van der Waals surface area (Å²) in [4.78, 5) is 23.0. The zero-order valence-electron chi connectivity index (χ0n) is 7.14. The summed E-state index contributed by atoms with van der Waals surface area (Å²) in [7, 11) is 1.44. The first-order chi connectivity index (χ1) is 6.72. The third-order valence-electron chi connectivity index (χ3n) is 1.53. The van der Waals surface area contributed by atoms with Crippen LogP contribution in [0.2, 0.25) is 0 Å². The molecular weight excluding hydrogens is 204 g/mol. The van der Waals surface area contributed by atoms with Crippen LogP contribution in [0.5, 0.6) is 5.88 Å². The van der Waals surface area contributed by atoms with Crippen LogP contribution in [0.15, 0.2) is 0 Å². The molecule has 71 valence electrons. The maximum atomic E-state index is 10.9. The number of nitrogens with zero attached hydrogens (tertiary/aromatic N) is 3. The lowest BCUT2D eigenvalue weighted by Gasteiger charge is -2.00. The molecular formula is C7H5N4O2S. The molecule has 14 heavy (non-hydrogen) atoms. The number of primary amides is 1. The maximum Gasteiger partial charge on any atom is 0.286 e. The number of aromatic nitrogens is 3. The standard InChI is InChI=1S/C7H5N4O2S/c1-13-6-3-7(14-2-9-3)11-5(10-6)4(8)12/h1H3,(H2,8,12). The zero-order valence-corrected chi connectivity index (χ0v) is 7.96. The van der Waals surface area contributed by atoms with Crippen LogP contribution in [-0.2, 0) is 0 Å². The van der Waals surface area contributed by atoms with Crippen LogP contribution in [0.25, 0.3) is 10.3 Å². The van der Waals surface area contributed by atoms with Crippen LogP contribution >= 0.6 is 11.3 Å². The number of methoxy groups -OCH3 is 1. The van der Waals surface area contributed by atoms with Crippen LogP contribution in [0.4, 0.5) is 0 Å². The monoisotopic (exact) mass is 209 g/mol. The number of carbonyl (C=O) groups is 1. The van der Waals surface area contributed by atoms with Gasteiger partial charge in [-0.2, -0.15) is 4.98 Å². The Balaban J connectivity index is 2.73. The number of hydrogen-bond acceptors (Lipinski definition) is 6. The van der Waals surface area contributed by atoms with Crippen molar-refractivity contribution in [2.45, 2.75) is 0 Å². The molecule has 1 radical (unpaired) electrons. The number of hydrogen-bond donors (Lipinski definition) is 1. The van der Waals surface area contributed by atoms with Gasteiger partial charge in [-0.15, -0.1) is 0 Å². The van der Waals surface area contributed by atoms with Crippen molar-refractivity contribution in [1.82, 2.24) is 15.0 Å². The second-order valence-corrected chi connectivity index (χ2v) is 3.15. The molecule has 0 aliphatic rings. The summed E-state index contributed by atoms with van der Waals surface area (Å²) in [5.41, 5.74) is 8.18. The molecule has 0 unspecified atom stereocenters. The Morgan fingerprint density at radius 2 is 2.36 bits per heavy atom. The topological polar surface area (TPSA) is 91.0 Å². The fourth-order valence-electron chi connectivity index (χ4n) is 0.946. The molecule has 2 rings (SSSR count). The third kappa shape index (κ3) is 1.27. The largest absolute Gasteiger partial charge is 0.479 e. The minimum atomic E-state index is -0.696. The molecule has 2 heterocycles. The Labute approximate surface area is 82.8 Å². The Hall–Kier alpha value is -1.76. The van der Waals surface area contributed by atoms with E-state index in [9.17, 15) is 4.79 Å². The summed E-state index contributed by atoms with van der Waals surface area (Å²) < 4.78 is 4.94. The molecule has 0 aromatic carbocycles. The van der Waals surface area contributed by atoms with Gasteiger partial charge in [0.15, 0.2) is 15.9 Å². The molecule has 0 spiro atoms. The maximum absolute atomic E-state index is 10.9. The lowest BCUT2D eigenvalue weighted by Crippen LogP contribution is -2.15. The van der Waals surface area contributed by atoms with Crippen LogP contribution in [0.1, 0.15) is 10.6 Å². The van der Waals surface area contributed by atoms with E-state index in [-0.39, 0.29) is 11.7 Å². The van der Waals surface area contributed by atoms with E-state index in [1.165, 1.54) is 18.4 Å². The van der Waals surface area contributed by atoms with E-state index in [1.54, 1.807) is 0 Å². The normalized spacial score (nSPS) is 10.4. The van der Waals surface area contributed by atoms with Gasteiger partial charge in [-0.3, -0.25) is 4.79 Å². The van der Waals surface area contributed by atoms with Crippen molar-refractivity contribution in [1.29, 1.82) is 0 Å². The van der Waals surface area contributed by atoms with Gasteiger partial charge in [0.1, 0.15) is 0 Å². The summed E-state index contributed by atoms with van der Waals surface area (Å²) in [5, 5.41) is 0. The van der Waals surface area contributed by atoms with Crippen LogP contribution in [0, 0.1) is 5.51 Å². The van der Waals surface area contributed by atoms with E-state index in [2.05, 4.69) is 20.5 Å². The van der Waals surface area contributed by atoms with Gasteiger partial charge < -0.3 is 10.5 Å². The van der Waals surface area contributed by atoms with E-state index < -0.39 is 5.91 Å². The Bertz CT molecular complexity index is 495. The third-order valence-corrected chi connectivity index (χ3v) is 2.19. The van der Waals surface area contributed by atoms with Gasteiger partial charge >= 0.3 is 0 Å². The van der Waals surface area contributed by atoms with Crippen molar-refractivity contribution in [3.05, 3.63) is 11.3 Å². The van der Waals surface area contributed by atoms with Crippen molar-refractivity contribution < 1.29 is 9.53 Å². The smallest absolute Gasteiger partial charge is 0.286 e. The summed E-state index contributed by atoms with van der Waals surface area (Å²) in [6, 6.07) is 0. The minimum Gasteiger partial charge on any atom is -0.479 e. The number of amides is 1. The van der Waals surface area contributed by atoms with Gasteiger partial charge in [0.05, 0.1) is 7.11 Å². The van der Waals surface area contributed by atoms with Crippen molar-refractivity contribution >= 4 is 27.6 Å². The predicted octanol–water partition coefficient (Wildman–Crippen LogP) is -0.00601. The lowest BCUT2D eigenvalue weighted by molar-refractivity contribution is 0.0990. The highest BCUT2D eigenvalue weighted by Crippen LogP contribution is 2.22. The van der Waals surface area contributed by atoms with Crippen LogP contribution in [-0.4, -0.2) is 28.0 Å². The molecule has 6 nitrogen and oxygen atoms in total. The van der Waals surface area contributed by atoms with Crippen LogP contribution < -0.4 is 10.5 Å². The summed E-state index contributed by atoms with van der Waals surface area (Å²) in [6.07, 6.45) is 0. The Morgan fingerprint density at radius 3 is 3.00 bits per heavy atom. The second kappa shape index (κ2) is 3.18. The summed E-state index contributed by atoms with van der Waals surface area (Å²) in [5.74, 6) is -0.535. The number of nitrogens with two attached hydrogens (primary N) is 1. The highest BCUT2D eigenvalue weighted by Gasteiger charge is 2.13. The van der Waals surface area contributed by atoms with Crippen LogP contribution in [0.3, 0.4) is 0 Å². The molecule has 0 bridgehead atoms. The van der Waals surface area contributed by atoms with Crippen molar-refractivity contribution in [2.24, 2.45) is 5.73 Å². The first-order valence-electron chi connectivity index (χ1n) is 3.61. The van der Waals surface area contributed by atoms with E-state index in [0.29, 0.717) is 10.3 Å². The van der Waals surface area contributed by atoms with Gasteiger partial charge in [-0.25, -0.2) is 9.97 Å². The highest BCUT2D eigenvalue weighted by atomic mass is 32.1. The molecule has 7 heteroatoms. The molecule has 2 N–H and O–H groups in total. The van der Waals surface area contributed by atoms with Crippen molar-refractivity contribution in [2.75, 3.05) is 7.11 Å². The Kier molecular flexibility index (Phi) is 2.01. The summed E-state index contributed by atoms with van der Waals surface area (Å²) >= 11 is 1.17. The second-order valence-electron chi connectivity index (χ2n) is 2.38. The number of carbonyl (C=O) groups excluding carboxylic acids is 1. The number of ether oxygens (including phenoxy) is 1. The molecule has 0 atom stereocenters. The first kappa shape index (κ1) is 8.82. The van der Waals surface area contributed by atoms with Gasteiger partial charge in [0.25, 0.3) is 5.91 Å². The lowest BCUT2D eigenvalue weighted by atomic mass is 10.5. The zero-order chi connectivity index (χ0) is 10.1. The average Bonchev–Trinajstić information content (AvgIpc) is 2.63. The number of rotatable bonds is 2. The summed E-state index contributed by atoms with van der Waals surface area (Å²) in [6.45, 7) is 0. The highest BCUT2D eigenvalue weighted by molar-refractivity contribution is 7.15. The van der Waals surface area contributed by atoms with Crippen molar-refractivity contribution in [3.8, 4) is 5.88 Å². The predicted molar refractivity (Wildman–Crippen MR) is 49.1 cm³/mol. The van der Waals surface area contributed by atoms with Gasteiger partial charge in [-0.05, 0) is 0 Å². The quantitative estimate of drug-likeness (QED) is 0.751. The molecule has 2 aromatic heterocycles. The molecule has 1 amide bonds. The molecule has 0 fully saturated rings. The SMILES string of the molecule is COc1nc(C(N)=O)nc2s[c]nc12. The first-order valence-corrected chi connectivity index (χ1v) is 4.42. The van der Waals surface area contributed by atoms with Gasteiger partial charge in [0, 0.05) is 0 Å². The molecule has 0 aliphatic heterocycles. The van der Waals surface area contributed by atoms with Crippen molar-refractivity contribution in [3.63, 3.8) is 0 Å². The van der Waals surface area contributed by atoms with E-state index in [0.717, 1.165) is 0 Å². The molecule has 0 saturated carbocycles. The van der Waals surface area contributed by atoms with E-state index >= 15 is 0 Å². The minimum absolute atomic E-state index is 0.0769. The van der Waals surface area contributed by atoms with E-state index in [1.807, 2.05) is 0 Å². The molecule has 0 aliphatic carbocycles. The fourth-order valence-corrected chi connectivity index (χ4v) is 1.53. The Morgan fingerprint density at radius 1 is 1.57 bits per heavy atom. The molecule has 0 saturated heterocycles. The molecule has 2 aromatic rings. The van der Waals surface area contributed by atoms with Gasteiger partial charge in [-0.1, -0.05) is 11.3 Å².